The van der Waals surface area contributed by atoms with Crippen LogP contribution in [0.3, 0.4) is 0 Å². The van der Waals surface area contributed by atoms with Crippen LogP contribution in [0.2, 0.25) is 0 Å². The summed E-state index contributed by atoms with van der Waals surface area (Å²) in [6.45, 7) is 5.22. The molecule has 0 aromatic rings. The standard InChI is InChI=1S/C11H19NO5/c1-11(2,3)17-10(15)8-6(9(14)16-4)5-7(13)12-8/h6-8,12-13H,5H2,1-4H3. The third-order valence-corrected chi connectivity index (χ3v) is 2.42. The van der Waals surface area contributed by atoms with Gasteiger partial charge in [0.2, 0.25) is 0 Å². The molecule has 0 aromatic heterocycles. The zero-order valence-corrected chi connectivity index (χ0v) is 10.5. The van der Waals surface area contributed by atoms with Crippen LogP contribution in [0.5, 0.6) is 0 Å². The van der Waals surface area contributed by atoms with E-state index in [0.717, 1.165) is 0 Å². The molecule has 1 aliphatic heterocycles. The van der Waals surface area contributed by atoms with E-state index in [-0.39, 0.29) is 6.42 Å². The zero-order chi connectivity index (χ0) is 13.2. The molecule has 1 rings (SSSR count). The van der Waals surface area contributed by atoms with Crippen molar-refractivity contribution < 1.29 is 24.2 Å². The first-order valence-electron chi connectivity index (χ1n) is 5.49. The predicted octanol–water partition coefficient (Wildman–Crippen LogP) is -0.202. The number of nitrogens with one attached hydrogen (secondary N) is 1. The lowest BCUT2D eigenvalue weighted by atomic mass is 10.0. The Morgan fingerprint density at radius 2 is 1.88 bits per heavy atom. The van der Waals surface area contributed by atoms with Gasteiger partial charge < -0.3 is 14.6 Å². The first-order valence-corrected chi connectivity index (χ1v) is 5.49. The smallest absolute Gasteiger partial charge is 0.324 e. The number of ether oxygens (including phenoxy) is 2. The summed E-state index contributed by atoms with van der Waals surface area (Å²) >= 11 is 0. The van der Waals surface area contributed by atoms with E-state index >= 15 is 0 Å². The second-order valence-electron chi connectivity index (χ2n) is 5.06. The molecule has 0 radical (unpaired) electrons. The van der Waals surface area contributed by atoms with Gasteiger partial charge in [0.15, 0.2) is 0 Å². The molecule has 3 atom stereocenters. The summed E-state index contributed by atoms with van der Waals surface area (Å²) in [6, 6.07) is -0.850. The van der Waals surface area contributed by atoms with Crippen LogP contribution in [0.15, 0.2) is 0 Å². The Labute approximate surface area is 100 Å². The van der Waals surface area contributed by atoms with Crippen molar-refractivity contribution in [2.75, 3.05) is 7.11 Å². The third kappa shape index (κ3) is 3.67. The lowest BCUT2D eigenvalue weighted by Gasteiger charge is -2.24. The summed E-state index contributed by atoms with van der Waals surface area (Å²) in [5.41, 5.74) is -0.632. The number of hydrogen-bond acceptors (Lipinski definition) is 6. The average molecular weight is 245 g/mol. The lowest BCUT2D eigenvalue weighted by molar-refractivity contribution is -0.162. The highest BCUT2D eigenvalue weighted by molar-refractivity contribution is 5.85. The van der Waals surface area contributed by atoms with Gasteiger partial charge in [-0.1, -0.05) is 0 Å². The summed E-state index contributed by atoms with van der Waals surface area (Å²) < 4.78 is 9.77. The van der Waals surface area contributed by atoms with Crippen LogP contribution < -0.4 is 5.32 Å². The number of hydrogen-bond donors (Lipinski definition) is 2. The number of rotatable bonds is 2. The van der Waals surface area contributed by atoms with Crippen molar-refractivity contribution in [3.63, 3.8) is 0 Å². The molecule has 3 unspecified atom stereocenters. The molecule has 1 saturated heterocycles. The van der Waals surface area contributed by atoms with E-state index in [2.05, 4.69) is 10.1 Å². The predicted molar refractivity (Wildman–Crippen MR) is 58.9 cm³/mol. The van der Waals surface area contributed by atoms with Gasteiger partial charge in [-0.25, -0.2) is 0 Å². The van der Waals surface area contributed by atoms with Crippen LogP contribution in [0, 0.1) is 5.92 Å². The number of aliphatic hydroxyl groups excluding tert-OH is 1. The Morgan fingerprint density at radius 3 is 2.35 bits per heavy atom. The molecule has 0 spiro atoms. The minimum atomic E-state index is -0.892. The van der Waals surface area contributed by atoms with E-state index in [4.69, 9.17) is 4.74 Å². The van der Waals surface area contributed by atoms with Crippen molar-refractivity contribution in [1.29, 1.82) is 0 Å². The van der Waals surface area contributed by atoms with E-state index in [0.29, 0.717) is 0 Å². The second kappa shape index (κ2) is 5.01. The van der Waals surface area contributed by atoms with Crippen molar-refractivity contribution in [2.24, 2.45) is 5.92 Å². The highest BCUT2D eigenvalue weighted by Gasteiger charge is 2.44. The zero-order valence-electron chi connectivity index (χ0n) is 10.5. The number of esters is 2. The van der Waals surface area contributed by atoms with Crippen LogP contribution in [-0.2, 0) is 19.1 Å². The van der Waals surface area contributed by atoms with Gasteiger partial charge in [0.05, 0.1) is 13.0 Å². The molecule has 0 bridgehead atoms. The first kappa shape index (κ1) is 13.9. The maximum absolute atomic E-state index is 11.8. The van der Waals surface area contributed by atoms with Crippen molar-refractivity contribution in [2.45, 2.75) is 45.1 Å². The fraction of sp³-hybridized carbons (Fsp3) is 0.818. The first-order chi connectivity index (χ1) is 7.74. The van der Waals surface area contributed by atoms with Gasteiger partial charge in [-0.05, 0) is 20.8 Å². The fourth-order valence-corrected chi connectivity index (χ4v) is 1.75. The fourth-order valence-electron chi connectivity index (χ4n) is 1.75. The van der Waals surface area contributed by atoms with Crippen LogP contribution in [-0.4, -0.2) is 42.0 Å². The molecular formula is C11H19NO5. The van der Waals surface area contributed by atoms with Gasteiger partial charge in [-0.2, -0.15) is 0 Å². The summed E-state index contributed by atoms with van der Waals surface area (Å²) in [4.78, 5) is 23.3. The van der Waals surface area contributed by atoms with E-state index in [9.17, 15) is 14.7 Å². The molecular weight excluding hydrogens is 226 g/mol. The normalized spacial score (nSPS) is 28.9. The van der Waals surface area contributed by atoms with Crippen LogP contribution >= 0.6 is 0 Å². The van der Waals surface area contributed by atoms with Crippen LogP contribution in [0.4, 0.5) is 0 Å². The molecule has 0 aliphatic carbocycles. The maximum atomic E-state index is 11.8. The molecule has 1 fully saturated rings. The molecule has 17 heavy (non-hydrogen) atoms. The van der Waals surface area contributed by atoms with Gasteiger partial charge in [0.25, 0.3) is 0 Å². The van der Waals surface area contributed by atoms with E-state index in [1.807, 2.05) is 0 Å². The van der Waals surface area contributed by atoms with Gasteiger partial charge in [-0.15, -0.1) is 0 Å². The average Bonchev–Trinajstić information content (AvgIpc) is 2.56. The third-order valence-electron chi connectivity index (χ3n) is 2.42. The van der Waals surface area contributed by atoms with E-state index in [1.54, 1.807) is 20.8 Å². The molecule has 98 valence electrons. The maximum Gasteiger partial charge on any atom is 0.324 e. The Bertz CT molecular complexity index is 309. The Kier molecular flexibility index (Phi) is 4.11. The summed E-state index contributed by atoms with van der Waals surface area (Å²) in [7, 11) is 1.25. The molecule has 6 nitrogen and oxygen atoms in total. The molecule has 0 aromatic carbocycles. The van der Waals surface area contributed by atoms with Crippen LogP contribution in [0.1, 0.15) is 27.2 Å². The quantitative estimate of drug-likeness (QED) is 0.655. The van der Waals surface area contributed by atoms with Crippen LogP contribution in [0.25, 0.3) is 0 Å². The molecule has 1 heterocycles. The number of carbonyl (C=O) groups excluding carboxylic acids is 2. The summed E-state index contributed by atoms with van der Waals surface area (Å²) in [5.74, 6) is -1.78. The topological polar surface area (TPSA) is 84.9 Å². The monoisotopic (exact) mass is 245 g/mol. The largest absolute Gasteiger partial charge is 0.469 e. The molecule has 6 heteroatoms. The number of aliphatic hydroxyl groups is 1. The highest BCUT2D eigenvalue weighted by atomic mass is 16.6. The number of carbonyl (C=O) groups is 2. The minimum absolute atomic E-state index is 0.149. The Morgan fingerprint density at radius 1 is 1.29 bits per heavy atom. The van der Waals surface area contributed by atoms with Crippen molar-refractivity contribution in [3.8, 4) is 0 Å². The van der Waals surface area contributed by atoms with Crippen molar-refractivity contribution in [1.82, 2.24) is 5.32 Å². The summed E-state index contributed by atoms with van der Waals surface area (Å²) in [5, 5.41) is 12.1. The minimum Gasteiger partial charge on any atom is -0.469 e. The molecule has 1 aliphatic rings. The second-order valence-corrected chi connectivity index (χ2v) is 5.06. The van der Waals surface area contributed by atoms with Gasteiger partial charge in [0.1, 0.15) is 17.9 Å². The van der Waals surface area contributed by atoms with E-state index in [1.165, 1.54) is 7.11 Å². The SMILES string of the molecule is COC(=O)C1CC(O)NC1C(=O)OC(C)(C)C. The molecule has 2 N–H and O–H groups in total. The van der Waals surface area contributed by atoms with Crippen molar-refractivity contribution in [3.05, 3.63) is 0 Å². The molecule has 0 saturated carbocycles. The van der Waals surface area contributed by atoms with E-state index < -0.39 is 35.7 Å². The lowest BCUT2D eigenvalue weighted by Crippen LogP contribution is -2.44. The highest BCUT2D eigenvalue weighted by Crippen LogP contribution is 2.23. The van der Waals surface area contributed by atoms with Gasteiger partial charge in [-0.3, -0.25) is 14.9 Å². The molecule has 0 amide bonds. The summed E-state index contributed by atoms with van der Waals surface area (Å²) in [6.07, 6.45) is -0.743. The Hall–Kier alpha value is -1.14. The van der Waals surface area contributed by atoms with Gasteiger partial charge in [0, 0.05) is 6.42 Å². The van der Waals surface area contributed by atoms with Crippen molar-refractivity contribution >= 4 is 11.9 Å². The number of methoxy groups -OCH3 is 1. The Balaban J connectivity index is 2.73. The van der Waals surface area contributed by atoms with Gasteiger partial charge >= 0.3 is 11.9 Å².